The molecule has 1 amide bonds. The van der Waals surface area contributed by atoms with Gasteiger partial charge in [0, 0.05) is 37.4 Å². The minimum absolute atomic E-state index is 0.0565. The number of amides is 1. The molecule has 1 fully saturated rings. The van der Waals surface area contributed by atoms with E-state index < -0.39 is 0 Å². The number of hydrogen-bond donors (Lipinski definition) is 0. The molecule has 0 atom stereocenters. The van der Waals surface area contributed by atoms with Gasteiger partial charge in [-0.2, -0.15) is 0 Å². The molecular formula is C19H19N5OS. The van der Waals surface area contributed by atoms with Crippen molar-refractivity contribution >= 4 is 17.2 Å². The summed E-state index contributed by atoms with van der Waals surface area (Å²) in [6.07, 6.45) is 9.84. The minimum atomic E-state index is 0.0565. The van der Waals surface area contributed by atoms with Crippen molar-refractivity contribution in [3.63, 3.8) is 0 Å². The summed E-state index contributed by atoms with van der Waals surface area (Å²) in [7, 11) is 0. The Bertz CT molecular complexity index is 860. The molecule has 0 bridgehead atoms. The summed E-state index contributed by atoms with van der Waals surface area (Å²) in [6.45, 7) is 1.57. The van der Waals surface area contributed by atoms with Crippen LogP contribution >= 0.6 is 11.3 Å². The van der Waals surface area contributed by atoms with E-state index in [0.29, 0.717) is 21.6 Å². The normalized spacial score (nSPS) is 15.2. The number of likely N-dealkylation sites (tertiary alicyclic amines) is 1. The number of pyridine rings is 1. The first-order chi connectivity index (χ1) is 12.8. The summed E-state index contributed by atoms with van der Waals surface area (Å²) in [5, 5.41) is 0.680. The number of nitrogens with zero attached hydrogens (tertiary/aromatic N) is 5. The topological polar surface area (TPSA) is 71.9 Å². The van der Waals surface area contributed by atoms with Crippen LogP contribution in [0.4, 0.5) is 0 Å². The fourth-order valence-electron chi connectivity index (χ4n) is 3.20. The highest BCUT2D eigenvalue weighted by Gasteiger charge is 2.25. The smallest absolute Gasteiger partial charge is 0.265 e. The van der Waals surface area contributed by atoms with E-state index in [1.807, 2.05) is 23.2 Å². The van der Waals surface area contributed by atoms with Crippen molar-refractivity contribution in [1.82, 2.24) is 24.8 Å². The Labute approximate surface area is 156 Å². The van der Waals surface area contributed by atoms with Gasteiger partial charge in [-0.1, -0.05) is 6.07 Å². The minimum Gasteiger partial charge on any atom is -0.338 e. The first-order valence-electron chi connectivity index (χ1n) is 8.72. The molecule has 0 N–H and O–H groups in total. The first kappa shape index (κ1) is 16.8. The fraction of sp³-hybridized carbons (Fsp3) is 0.316. The number of rotatable bonds is 4. The molecule has 0 aromatic carbocycles. The number of carbonyl (C=O) groups is 1. The molecule has 0 saturated carbocycles. The lowest BCUT2D eigenvalue weighted by Gasteiger charge is -2.31. The van der Waals surface area contributed by atoms with Crippen molar-refractivity contribution in [1.29, 1.82) is 0 Å². The van der Waals surface area contributed by atoms with Crippen molar-refractivity contribution in [3.05, 3.63) is 59.6 Å². The molecular weight excluding hydrogens is 346 g/mol. The zero-order chi connectivity index (χ0) is 17.8. The van der Waals surface area contributed by atoms with Crippen molar-refractivity contribution in [2.75, 3.05) is 13.1 Å². The third kappa shape index (κ3) is 3.77. The maximum atomic E-state index is 12.8. The molecule has 3 aromatic rings. The molecule has 4 heterocycles. The maximum absolute atomic E-state index is 12.8. The molecule has 132 valence electrons. The van der Waals surface area contributed by atoms with Gasteiger partial charge in [0.2, 0.25) is 0 Å². The van der Waals surface area contributed by atoms with E-state index in [-0.39, 0.29) is 5.91 Å². The zero-order valence-electron chi connectivity index (χ0n) is 14.3. The van der Waals surface area contributed by atoms with E-state index in [2.05, 4.69) is 26.0 Å². The van der Waals surface area contributed by atoms with Gasteiger partial charge in [-0.25, -0.2) is 15.0 Å². The highest BCUT2D eigenvalue weighted by Crippen LogP contribution is 2.26. The third-order valence-corrected chi connectivity index (χ3v) is 5.58. The van der Waals surface area contributed by atoms with E-state index in [1.54, 1.807) is 24.7 Å². The summed E-state index contributed by atoms with van der Waals surface area (Å²) in [5.74, 6) is 1.20. The summed E-state index contributed by atoms with van der Waals surface area (Å²) in [5.41, 5.74) is 1.13. The van der Waals surface area contributed by atoms with Crippen LogP contribution in [0.2, 0.25) is 0 Å². The van der Waals surface area contributed by atoms with Crippen molar-refractivity contribution in [2.24, 2.45) is 5.92 Å². The highest BCUT2D eigenvalue weighted by molar-refractivity contribution is 7.16. The van der Waals surface area contributed by atoms with Gasteiger partial charge in [0.15, 0.2) is 10.8 Å². The van der Waals surface area contributed by atoms with Gasteiger partial charge in [-0.15, -0.1) is 11.3 Å². The summed E-state index contributed by atoms with van der Waals surface area (Å²) in [4.78, 5) is 32.4. The standard InChI is InChI=1S/C19H19N5OS/c25-19(16-13-23-18(26-16)17-21-8-3-9-22-17)24-10-5-14(6-11-24)12-15-4-1-2-7-20-15/h1-4,7-9,13-14H,5-6,10-12H2. The van der Waals surface area contributed by atoms with E-state index in [9.17, 15) is 4.79 Å². The van der Waals surface area contributed by atoms with Crippen molar-refractivity contribution in [3.8, 4) is 10.8 Å². The zero-order valence-corrected chi connectivity index (χ0v) is 15.1. The lowest BCUT2D eigenvalue weighted by atomic mass is 9.92. The van der Waals surface area contributed by atoms with Crippen LogP contribution in [0.15, 0.2) is 49.1 Å². The first-order valence-corrected chi connectivity index (χ1v) is 9.53. The molecule has 1 aliphatic rings. The average Bonchev–Trinajstić information content (AvgIpc) is 3.20. The van der Waals surface area contributed by atoms with Crippen LogP contribution in [-0.2, 0) is 6.42 Å². The predicted molar refractivity (Wildman–Crippen MR) is 99.7 cm³/mol. The van der Waals surface area contributed by atoms with E-state index >= 15 is 0 Å². The number of thiazole rings is 1. The van der Waals surface area contributed by atoms with Gasteiger partial charge in [0.1, 0.15) is 4.88 Å². The summed E-state index contributed by atoms with van der Waals surface area (Å²) >= 11 is 1.35. The Morgan fingerprint density at radius 2 is 1.81 bits per heavy atom. The lowest BCUT2D eigenvalue weighted by Crippen LogP contribution is -2.38. The Hall–Kier alpha value is -2.67. The molecule has 26 heavy (non-hydrogen) atoms. The Kier molecular flexibility index (Phi) is 4.97. The molecule has 7 heteroatoms. The predicted octanol–water partition coefficient (Wildman–Crippen LogP) is 3.09. The Morgan fingerprint density at radius 3 is 2.54 bits per heavy atom. The highest BCUT2D eigenvalue weighted by atomic mass is 32.1. The SMILES string of the molecule is O=C(c1cnc(-c2ncccn2)s1)N1CCC(Cc2ccccn2)CC1. The Morgan fingerprint density at radius 1 is 1.04 bits per heavy atom. The van der Waals surface area contributed by atoms with Gasteiger partial charge >= 0.3 is 0 Å². The Balaban J connectivity index is 1.36. The number of carbonyl (C=O) groups excluding carboxylic acids is 1. The lowest BCUT2D eigenvalue weighted by molar-refractivity contribution is 0.0695. The molecule has 1 aliphatic heterocycles. The van der Waals surface area contributed by atoms with Crippen LogP contribution in [0.25, 0.3) is 10.8 Å². The number of aromatic nitrogens is 4. The molecule has 0 unspecified atom stereocenters. The van der Waals surface area contributed by atoms with Gasteiger partial charge in [0.25, 0.3) is 5.91 Å². The number of piperidine rings is 1. The van der Waals surface area contributed by atoms with E-state index in [1.165, 1.54) is 11.3 Å². The van der Waals surface area contributed by atoms with Crippen LogP contribution in [0.5, 0.6) is 0 Å². The van der Waals surface area contributed by atoms with Crippen LogP contribution in [0, 0.1) is 5.92 Å². The van der Waals surface area contributed by atoms with E-state index in [4.69, 9.17) is 0 Å². The van der Waals surface area contributed by atoms with Crippen LogP contribution in [0.1, 0.15) is 28.2 Å². The average molecular weight is 365 g/mol. The molecule has 4 rings (SSSR count). The van der Waals surface area contributed by atoms with Crippen LogP contribution in [0.3, 0.4) is 0 Å². The summed E-state index contributed by atoms with van der Waals surface area (Å²) < 4.78 is 0. The van der Waals surface area contributed by atoms with Crippen LogP contribution < -0.4 is 0 Å². The fourth-order valence-corrected chi connectivity index (χ4v) is 4.03. The van der Waals surface area contributed by atoms with Crippen LogP contribution in [-0.4, -0.2) is 43.8 Å². The van der Waals surface area contributed by atoms with Gasteiger partial charge in [0.05, 0.1) is 6.20 Å². The largest absolute Gasteiger partial charge is 0.338 e. The van der Waals surface area contributed by atoms with E-state index in [0.717, 1.165) is 38.0 Å². The molecule has 6 nitrogen and oxygen atoms in total. The molecule has 3 aromatic heterocycles. The quantitative estimate of drug-likeness (QED) is 0.710. The molecule has 1 saturated heterocycles. The third-order valence-electron chi connectivity index (χ3n) is 4.60. The summed E-state index contributed by atoms with van der Waals surface area (Å²) in [6, 6.07) is 7.80. The second-order valence-electron chi connectivity index (χ2n) is 6.36. The van der Waals surface area contributed by atoms with Crippen molar-refractivity contribution < 1.29 is 4.79 Å². The monoisotopic (exact) mass is 365 g/mol. The second-order valence-corrected chi connectivity index (χ2v) is 7.39. The second kappa shape index (κ2) is 7.70. The van der Waals surface area contributed by atoms with Gasteiger partial charge in [-0.3, -0.25) is 9.78 Å². The van der Waals surface area contributed by atoms with Gasteiger partial charge < -0.3 is 4.90 Å². The van der Waals surface area contributed by atoms with Gasteiger partial charge in [-0.05, 0) is 43.4 Å². The maximum Gasteiger partial charge on any atom is 0.265 e. The molecule has 0 spiro atoms. The van der Waals surface area contributed by atoms with Crippen molar-refractivity contribution in [2.45, 2.75) is 19.3 Å². The molecule has 0 aliphatic carbocycles. The molecule has 0 radical (unpaired) electrons. The number of hydrogen-bond acceptors (Lipinski definition) is 6.